The van der Waals surface area contributed by atoms with Crippen LogP contribution in [0.3, 0.4) is 0 Å². The van der Waals surface area contributed by atoms with E-state index >= 15 is 0 Å². The third kappa shape index (κ3) is 1.44. The molecular formula is C13H17N3OS. The summed E-state index contributed by atoms with van der Waals surface area (Å²) in [6.07, 6.45) is 5.66. The van der Waals surface area contributed by atoms with E-state index in [1.165, 1.54) is 23.3 Å². The maximum atomic E-state index is 12.4. The summed E-state index contributed by atoms with van der Waals surface area (Å²) >= 11 is 1.80. The maximum absolute atomic E-state index is 12.4. The Bertz CT molecular complexity index is 517. The zero-order chi connectivity index (χ0) is 12.2. The van der Waals surface area contributed by atoms with Crippen LogP contribution in [0.4, 0.5) is 5.00 Å². The zero-order valence-corrected chi connectivity index (χ0v) is 11.1. The van der Waals surface area contributed by atoms with Gasteiger partial charge < -0.3 is 16.0 Å². The molecule has 3 N–H and O–H groups in total. The van der Waals surface area contributed by atoms with Crippen molar-refractivity contribution in [3.63, 3.8) is 0 Å². The number of carbonyl (C=O) groups excluding carboxylic acids is 1. The van der Waals surface area contributed by atoms with Gasteiger partial charge in [0.25, 0.3) is 5.91 Å². The fourth-order valence-corrected chi connectivity index (χ4v) is 4.71. The molecule has 0 saturated carbocycles. The van der Waals surface area contributed by atoms with E-state index in [0.717, 1.165) is 42.9 Å². The molecule has 0 bridgehead atoms. The summed E-state index contributed by atoms with van der Waals surface area (Å²) in [5.41, 5.74) is 2.01. The van der Waals surface area contributed by atoms with Gasteiger partial charge in [0.2, 0.25) is 0 Å². The van der Waals surface area contributed by atoms with Gasteiger partial charge in [-0.1, -0.05) is 0 Å². The molecule has 1 saturated heterocycles. The number of hydrogen-bond acceptors (Lipinski definition) is 4. The van der Waals surface area contributed by atoms with Gasteiger partial charge >= 0.3 is 0 Å². The average molecular weight is 263 g/mol. The van der Waals surface area contributed by atoms with Crippen LogP contribution >= 0.6 is 11.3 Å². The summed E-state index contributed by atoms with van der Waals surface area (Å²) in [6.45, 7) is 1.79. The van der Waals surface area contributed by atoms with Crippen molar-refractivity contribution in [2.75, 3.05) is 18.4 Å². The Labute approximate surface area is 110 Å². The minimum Gasteiger partial charge on any atom is -0.353 e. The third-order valence-corrected chi connectivity index (χ3v) is 5.47. The van der Waals surface area contributed by atoms with Crippen LogP contribution in [0.25, 0.3) is 0 Å². The van der Waals surface area contributed by atoms with Crippen LogP contribution in [0.1, 0.15) is 40.1 Å². The van der Waals surface area contributed by atoms with Gasteiger partial charge in [0, 0.05) is 17.8 Å². The molecule has 18 heavy (non-hydrogen) atoms. The Balaban J connectivity index is 1.79. The van der Waals surface area contributed by atoms with E-state index in [1.54, 1.807) is 11.3 Å². The van der Waals surface area contributed by atoms with E-state index in [2.05, 4.69) is 16.0 Å². The first-order valence-electron chi connectivity index (χ1n) is 6.73. The van der Waals surface area contributed by atoms with Crippen LogP contribution < -0.4 is 16.0 Å². The summed E-state index contributed by atoms with van der Waals surface area (Å²) in [4.78, 5) is 13.8. The number of amides is 1. The van der Waals surface area contributed by atoms with Gasteiger partial charge in [0.05, 0.1) is 5.56 Å². The Morgan fingerprint density at radius 2 is 2.06 bits per heavy atom. The van der Waals surface area contributed by atoms with Crippen molar-refractivity contribution in [3.05, 3.63) is 16.0 Å². The quantitative estimate of drug-likeness (QED) is 0.664. The molecule has 1 unspecified atom stereocenters. The molecule has 5 heteroatoms. The second-order valence-corrected chi connectivity index (χ2v) is 6.61. The van der Waals surface area contributed by atoms with E-state index in [4.69, 9.17) is 0 Å². The fourth-order valence-electron chi connectivity index (χ4n) is 3.33. The van der Waals surface area contributed by atoms with Crippen molar-refractivity contribution >= 4 is 22.2 Å². The number of rotatable bonds is 0. The van der Waals surface area contributed by atoms with Crippen molar-refractivity contribution in [2.45, 2.75) is 37.8 Å². The molecule has 4 nitrogen and oxygen atoms in total. The molecule has 3 aliphatic rings. The summed E-state index contributed by atoms with van der Waals surface area (Å²) in [7, 11) is 0. The predicted octanol–water partition coefficient (Wildman–Crippen LogP) is 1.47. The van der Waals surface area contributed by atoms with Gasteiger partial charge in [-0.05, 0) is 37.8 Å². The van der Waals surface area contributed by atoms with Crippen LogP contribution in [0.5, 0.6) is 0 Å². The van der Waals surface area contributed by atoms with Crippen LogP contribution in [0, 0.1) is 0 Å². The van der Waals surface area contributed by atoms with E-state index in [9.17, 15) is 4.79 Å². The predicted molar refractivity (Wildman–Crippen MR) is 72.3 cm³/mol. The normalized spacial score (nSPS) is 29.7. The highest BCUT2D eigenvalue weighted by Crippen LogP contribution is 2.41. The summed E-state index contributed by atoms with van der Waals surface area (Å²) in [5, 5.41) is 11.2. The highest BCUT2D eigenvalue weighted by atomic mass is 32.1. The molecule has 0 aromatic carbocycles. The lowest BCUT2D eigenvalue weighted by Crippen LogP contribution is -2.58. The lowest BCUT2D eigenvalue weighted by molar-refractivity contribution is 0.0907. The molecule has 1 aromatic rings. The highest BCUT2D eigenvalue weighted by molar-refractivity contribution is 7.16. The van der Waals surface area contributed by atoms with Crippen LogP contribution in [-0.4, -0.2) is 24.7 Å². The second-order valence-electron chi connectivity index (χ2n) is 5.50. The van der Waals surface area contributed by atoms with Gasteiger partial charge in [0.15, 0.2) is 0 Å². The molecule has 1 atom stereocenters. The smallest absolute Gasteiger partial charge is 0.256 e. The third-order valence-electron chi connectivity index (χ3n) is 4.26. The molecule has 3 heterocycles. The van der Waals surface area contributed by atoms with Crippen LogP contribution in [0.2, 0.25) is 0 Å². The van der Waals surface area contributed by atoms with Gasteiger partial charge in [-0.15, -0.1) is 11.3 Å². The van der Waals surface area contributed by atoms with Crippen molar-refractivity contribution in [2.24, 2.45) is 0 Å². The Hall–Kier alpha value is -1.07. The summed E-state index contributed by atoms with van der Waals surface area (Å²) in [6, 6.07) is 0. The van der Waals surface area contributed by atoms with E-state index in [1.807, 2.05) is 0 Å². The minimum absolute atomic E-state index is 0.131. The van der Waals surface area contributed by atoms with Gasteiger partial charge in [-0.3, -0.25) is 4.79 Å². The number of anilines is 1. The topological polar surface area (TPSA) is 53.2 Å². The molecule has 96 valence electrons. The van der Waals surface area contributed by atoms with Crippen molar-refractivity contribution in [1.82, 2.24) is 10.6 Å². The molecule has 4 rings (SSSR count). The monoisotopic (exact) mass is 263 g/mol. The summed E-state index contributed by atoms with van der Waals surface area (Å²) < 4.78 is 0. The largest absolute Gasteiger partial charge is 0.353 e. The molecule has 2 aliphatic heterocycles. The van der Waals surface area contributed by atoms with Crippen LogP contribution in [0.15, 0.2) is 0 Å². The van der Waals surface area contributed by atoms with Gasteiger partial charge in [0.1, 0.15) is 10.7 Å². The molecule has 1 aromatic heterocycles. The number of hydrogen-bond donors (Lipinski definition) is 3. The average Bonchev–Trinajstić information content (AvgIpc) is 2.93. The van der Waals surface area contributed by atoms with Crippen molar-refractivity contribution in [1.29, 1.82) is 0 Å². The minimum atomic E-state index is -0.239. The van der Waals surface area contributed by atoms with Gasteiger partial charge in [-0.25, -0.2) is 0 Å². The first-order valence-corrected chi connectivity index (χ1v) is 7.55. The Kier molecular flexibility index (Phi) is 2.23. The van der Waals surface area contributed by atoms with Crippen molar-refractivity contribution < 1.29 is 4.79 Å². The van der Waals surface area contributed by atoms with E-state index < -0.39 is 0 Å². The Morgan fingerprint density at radius 1 is 1.17 bits per heavy atom. The highest BCUT2D eigenvalue weighted by Gasteiger charge is 2.42. The van der Waals surface area contributed by atoms with E-state index in [0.29, 0.717) is 0 Å². The maximum Gasteiger partial charge on any atom is 0.256 e. The lowest BCUT2D eigenvalue weighted by atomic mass is 9.93. The first-order chi connectivity index (χ1) is 8.77. The second kappa shape index (κ2) is 3.71. The van der Waals surface area contributed by atoms with Crippen molar-refractivity contribution in [3.8, 4) is 0 Å². The molecule has 1 spiro atoms. The number of carbonyl (C=O) groups is 1. The molecule has 1 amide bonds. The standard InChI is InChI=1S/C13H17N3OS/c17-11-10-8-3-1-2-4-9(8)18-12(10)16-13(15-11)5-6-14-7-13/h14,16H,1-7H2,(H,15,17). The molecule has 1 fully saturated rings. The molecule has 1 aliphatic carbocycles. The van der Waals surface area contributed by atoms with E-state index in [-0.39, 0.29) is 11.6 Å². The lowest BCUT2D eigenvalue weighted by Gasteiger charge is -2.35. The summed E-state index contributed by atoms with van der Waals surface area (Å²) in [5.74, 6) is 0.131. The van der Waals surface area contributed by atoms with Crippen LogP contribution in [-0.2, 0) is 12.8 Å². The number of thiophene rings is 1. The fraction of sp³-hybridized carbons (Fsp3) is 0.615. The number of nitrogens with one attached hydrogen (secondary N) is 3. The number of fused-ring (bicyclic) bond motifs is 3. The zero-order valence-electron chi connectivity index (χ0n) is 10.3. The first kappa shape index (κ1) is 10.8. The Morgan fingerprint density at radius 3 is 2.89 bits per heavy atom. The molecular weight excluding hydrogens is 246 g/mol. The SMILES string of the molecule is O=C1NC2(CCNC2)Nc2sc3c(c21)CCCC3. The van der Waals surface area contributed by atoms with Gasteiger partial charge in [-0.2, -0.15) is 0 Å². The molecule has 0 radical (unpaired) electrons. The number of aryl methyl sites for hydroxylation is 1.